The first kappa shape index (κ1) is 14.5. The summed E-state index contributed by atoms with van der Waals surface area (Å²) in [5.41, 5.74) is -0.104. The van der Waals surface area contributed by atoms with Crippen molar-refractivity contribution in [3.63, 3.8) is 0 Å². The molecular formula is C13H25NO3. The number of nitrogens with one attached hydrogen (secondary N) is 1. The van der Waals surface area contributed by atoms with Crippen LogP contribution in [0.4, 0.5) is 0 Å². The van der Waals surface area contributed by atoms with Gasteiger partial charge in [0.1, 0.15) is 6.04 Å². The summed E-state index contributed by atoms with van der Waals surface area (Å²) in [5, 5.41) is 3.41. The first-order chi connectivity index (χ1) is 7.85. The zero-order valence-electron chi connectivity index (χ0n) is 11.6. The van der Waals surface area contributed by atoms with E-state index in [4.69, 9.17) is 9.47 Å². The summed E-state index contributed by atoms with van der Waals surface area (Å²) in [5.74, 6) is 0.0534. The van der Waals surface area contributed by atoms with E-state index in [0.717, 1.165) is 19.4 Å². The van der Waals surface area contributed by atoms with Crippen molar-refractivity contribution < 1.29 is 14.3 Å². The van der Waals surface area contributed by atoms with Crippen LogP contribution in [0.1, 0.15) is 40.5 Å². The summed E-state index contributed by atoms with van der Waals surface area (Å²) in [6, 6.07) is 0.101. The van der Waals surface area contributed by atoms with Crippen LogP contribution in [0.5, 0.6) is 0 Å². The number of methoxy groups -OCH3 is 1. The quantitative estimate of drug-likeness (QED) is 0.764. The van der Waals surface area contributed by atoms with Gasteiger partial charge in [0.15, 0.2) is 0 Å². The second kappa shape index (κ2) is 5.83. The number of hydrogen-bond acceptors (Lipinski definition) is 4. The molecular weight excluding hydrogens is 218 g/mol. The third-order valence-electron chi connectivity index (χ3n) is 3.23. The van der Waals surface area contributed by atoms with Crippen LogP contribution >= 0.6 is 0 Å². The molecule has 0 aromatic heterocycles. The van der Waals surface area contributed by atoms with Crippen molar-refractivity contribution in [3.8, 4) is 0 Å². The third kappa shape index (κ3) is 4.28. The molecule has 4 heteroatoms. The molecule has 0 amide bonds. The molecule has 1 saturated heterocycles. The van der Waals surface area contributed by atoms with Gasteiger partial charge in [0.25, 0.3) is 0 Å². The lowest BCUT2D eigenvalue weighted by molar-refractivity contribution is -0.145. The average molecular weight is 243 g/mol. The van der Waals surface area contributed by atoms with Gasteiger partial charge in [0, 0.05) is 12.6 Å². The van der Waals surface area contributed by atoms with E-state index >= 15 is 0 Å². The topological polar surface area (TPSA) is 47.6 Å². The highest BCUT2D eigenvalue weighted by Gasteiger charge is 2.32. The number of carbonyl (C=O) groups is 1. The van der Waals surface area contributed by atoms with E-state index in [-0.39, 0.29) is 23.5 Å². The van der Waals surface area contributed by atoms with Gasteiger partial charge in [-0.3, -0.25) is 4.79 Å². The smallest absolute Gasteiger partial charge is 0.323 e. The van der Waals surface area contributed by atoms with E-state index in [9.17, 15) is 4.79 Å². The van der Waals surface area contributed by atoms with Gasteiger partial charge < -0.3 is 14.8 Å². The third-order valence-corrected chi connectivity index (χ3v) is 3.23. The van der Waals surface area contributed by atoms with Gasteiger partial charge in [-0.2, -0.15) is 0 Å². The summed E-state index contributed by atoms with van der Waals surface area (Å²) in [6.45, 7) is 8.97. The Morgan fingerprint density at radius 1 is 1.47 bits per heavy atom. The summed E-state index contributed by atoms with van der Waals surface area (Å²) in [7, 11) is 1.44. The van der Waals surface area contributed by atoms with Gasteiger partial charge >= 0.3 is 5.97 Å². The standard InChI is InChI=1S/C13H25NO3/c1-9(2)11(12(15)16-5)14-10-6-7-17-13(3,4)8-10/h9-11,14H,6-8H2,1-5H3/t10?,11-/m0/s1. The number of rotatable bonds is 4. The van der Waals surface area contributed by atoms with Crippen molar-refractivity contribution in [2.45, 2.75) is 58.2 Å². The SMILES string of the molecule is COC(=O)[C@@H](NC1CCOC(C)(C)C1)C(C)C. The maximum absolute atomic E-state index is 11.7. The predicted molar refractivity (Wildman–Crippen MR) is 66.8 cm³/mol. The van der Waals surface area contributed by atoms with Gasteiger partial charge in [-0.15, -0.1) is 0 Å². The number of carbonyl (C=O) groups excluding carboxylic acids is 1. The van der Waals surface area contributed by atoms with Gasteiger partial charge in [-0.1, -0.05) is 13.8 Å². The van der Waals surface area contributed by atoms with Crippen molar-refractivity contribution in [2.75, 3.05) is 13.7 Å². The minimum Gasteiger partial charge on any atom is -0.468 e. The highest BCUT2D eigenvalue weighted by molar-refractivity contribution is 5.75. The van der Waals surface area contributed by atoms with Crippen molar-refractivity contribution in [1.29, 1.82) is 0 Å². The highest BCUT2D eigenvalue weighted by atomic mass is 16.5. The first-order valence-electron chi connectivity index (χ1n) is 6.33. The molecule has 1 aliphatic heterocycles. The Hall–Kier alpha value is -0.610. The Balaban J connectivity index is 2.58. The summed E-state index contributed by atoms with van der Waals surface area (Å²) in [6.07, 6.45) is 1.87. The summed E-state index contributed by atoms with van der Waals surface area (Å²) >= 11 is 0. The normalized spacial score (nSPS) is 25.6. The molecule has 0 aromatic carbocycles. The molecule has 0 radical (unpaired) electrons. The fourth-order valence-corrected chi connectivity index (χ4v) is 2.29. The lowest BCUT2D eigenvalue weighted by Crippen LogP contribution is -2.51. The molecule has 4 nitrogen and oxygen atoms in total. The molecule has 100 valence electrons. The van der Waals surface area contributed by atoms with E-state index < -0.39 is 0 Å². The highest BCUT2D eigenvalue weighted by Crippen LogP contribution is 2.24. The maximum atomic E-state index is 11.7. The Bertz CT molecular complexity index is 263. The predicted octanol–water partition coefficient (Wildman–Crippen LogP) is 1.73. The van der Waals surface area contributed by atoms with E-state index in [2.05, 4.69) is 19.2 Å². The molecule has 0 saturated carbocycles. The molecule has 17 heavy (non-hydrogen) atoms. The van der Waals surface area contributed by atoms with Crippen molar-refractivity contribution in [3.05, 3.63) is 0 Å². The van der Waals surface area contributed by atoms with Crippen LogP contribution in [0.15, 0.2) is 0 Å². The molecule has 0 aromatic rings. The largest absolute Gasteiger partial charge is 0.468 e. The van der Waals surface area contributed by atoms with Crippen LogP contribution in [0.25, 0.3) is 0 Å². The monoisotopic (exact) mass is 243 g/mol. The van der Waals surface area contributed by atoms with E-state index in [1.54, 1.807) is 0 Å². The maximum Gasteiger partial charge on any atom is 0.323 e. The van der Waals surface area contributed by atoms with Crippen molar-refractivity contribution >= 4 is 5.97 Å². The Labute approximate surface area is 104 Å². The molecule has 1 fully saturated rings. The van der Waals surface area contributed by atoms with Crippen LogP contribution in [-0.2, 0) is 14.3 Å². The van der Waals surface area contributed by atoms with E-state index in [1.165, 1.54) is 7.11 Å². The van der Waals surface area contributed by atoms with Gasteiger partial charge in [-0.05, 0) is 32.6 Å². The van der Waals surface area contributed by atoms with Gasteiger partial charge in [-0.25, -0.2) is 0 Å². The van der Waals surface area contributed by atoms with Crippen LogP contribution in [-0.4, -0.2) is 37.4 Å². The molecule has 2 atom stereocenters. The lowest BCUT2D eigenvalue weighted by Gasteiger charge is -2.37. The zero-order chi connectivity index (χ0) is 13.1. The van der Waals surface area contributed by atoms with E-state index in [0.29, 0.717) is 6.04 Å². The molecule has 0 aliphatic carbocycles. The fourth-order valence-electron chi connectivity index (χ4n) is 2.29. The number of ether oxygens (including phenoxy) is 2. The van der Waals surface area contributed by atoms with Crippen molar-refractivity contribution in [2.24, 2.45) is 5.92 Å². The minimum atomic E-state index is -0.223. The molecule has 1 unspecified atom stereocenters. The number of hydrogen-bond donors (Lipinski definition) is 1. The summed E-state index contributed by atoms with van der Waals surface area (Å²) in [4.78, 5) is 11.7. The van der Waals surface area contributed by atoms with Crippen LogP contribution in [0, 0.1) is 5.92 Å². The average Bonchev–Trinajstić information content (AvgIpc) is 2.23. The second-order valence-electron chi connectivity index (χ2n) is 5.71. The van der Waals surface area contributed by atoms with Crippen LogP contribution in [0.3, 0.4) is 0 Å². The molecule has 0 bridgehead atoms. The Kier molecular flexibility index (Phi) is 4.95. The summed E-state index contributed by atoms with van der Waals surface area (Å²) < 4.78 is 10.5. The Morgan fingerprint density at radius 3 is 2.59 bits per heavy atom. The van der Waals surface area contributed by atoms with E-state index in [1.807, 2.05) is 13.8 Å². The number of esters is 1. The second-order valence-corrected chi connectivity index (χ2v) is 5.71. The molecule has 0 spiro atoms. The fraction of sp³-hybridized carbons (Fsp3) is 0.923. The van der Waals surface area contributed by atoms with Crippen LogP contribution in [0.2, 0.25) is 0 Å². The lowest BCUT2D eigenvalue weighted by atomic mass is 9.92. The van der Waals surface area contributed by atoms with Crippen LogP contribution < -0.4 is 5.32 Å². The van der Waals surface area contributed by atoms with Gasteiger partial charge in [0.05, 0.1) is 12.7 Å². The molecule has 1 rings (SSSR count). The van der Waals surface area contributed by atoms with Crippen molar-refractivity contribution in [1.82, 2.24) is 5.32 Å². The first-order valence-corrected chi connectivity index (χ1v) is 6.33. The molecule has 1 aliphatic rings. The Morgan fingerprint density at radius 2 is 2.12 bits per heavy atom. The molecule has 1 heterocycles. The minimum absolute atomic E-state index is 0.104. The molecule has 1 N–H and O–H groups in total. The van der Waals surface area contributed by atoms with Gasteiger partial charge in [0.2, 0.25) is 0 Å². The zero-order valence-corrected chi connectivity index (χ0v) is 11.6.